The van der Waals surface area contributed by atoms with Gasteiger partial charge in [0, 0.05) is 18.8 Å². The number of aryl methyl sites for hydroxylation is 2. The van der Waals surface area contributed by atoms with Gasteiger partial charge in [-0.25, -0.2) is 9.67 Å². The van der Waals surface area contributed by atoms with Gasteiger partial charge in [0.2, 0.25) is 5.95 Å². The van der Waals surface area contributed by atoms with Crippen molar-refractivity contribution >= 4 is 11.6 Å². The van der Waals surface area contributed by atoms with Crippen molar-refractivity contribution in [3.8, 4) is 23.1 Å². The number of alkyl halides is 3. The van der Waals surface area contributed by atoms with Crippen LogP contribution in [0.25, 0.3) is 17.1 Å². The van der Waals surface area contributed by atoms with Crippen LogP contribution in [0.15, 0.2) is 55.0 Å². The lowest BCUT2D eigenvalue weighted by atomic mass is 10.1. The molecular weight excluding hydrogens is 407 g/mol. The van der Waals surface area contributed by atoms with E-state index >= 15 is 0 Å². The number of aromatic nitrogens is 5. The largest absolute Gasteiger partial charge is 0.418 e. The molecule has 31 heavy (non-hydrogen) atoms. The molecule has 156 valence electrons. The van der Waals surface area contributed by atoms with E-state index in [9.17, 15) is 18.4 Å². The molecule has 0 aliphatic rings. The smallest absolute Gasteiger partial charge is 0.324 e. The lowest BCUT2D eigenvalue weighted by molar-refractivity contribution is -0.136. The highest BCUT2D eigenvalue weighted by atomic mass is 19.4. The van der Waals surface area contributed by atoms with Gasteiger partial charge in [0.05, 0.1) is 34.5 Å². The van der Waals surface area contributed by atoms with E-state index < -0.39 is 11.7 Å². The molecule has 0 saturated heterocycles. The summed E-state index contributed by atoms with van der Waals surface area (Å²) in [5.74, 6) is 0.416. The maximum Gasteiger partial charge on any atom is 0.418 e. The molecule has 0 spiro atoms. The maximum absolute atomic E-state index is 13.3. The number of benzene rings is 2. The fraction of sp³-hybridized carbons (Fsp3) is 0.143. The Morgan fingerprint density at radius 1 is 1.13 bits per heavy atom. The molecule has 1 N–H and O–H groups in total. The van der Waals surface area contributed by atoms with Crippen LogP contribution in [-0.4, -0.2) is 24.3 Å². The summed E-state index contributed by atoms with van der Waals surface area (Å²) in [4.78, 5) is 8.49. The number of nitriles is 1. The molecule has 4 aromatic rings. The zero-order valence-electron chi connectivity index (χ0n) is 16.5. The molecule has 0 unspecified atom stereocenters. The van der Waals surface area contributed by atoms with Crippen LogP contribution in [0.2, 0.25) is 0 Å². The van der Waals surface area contributed by atoms with Crippen molar-refractivity contribution in [3.05, 3.63) is 71.8 Å². The van der Waals surface area contributed by atoms with Crippen LogP contribution >= 0.6 is 0 Å². The molecule has 10 heteroatoms. The van der Waals surface area contributed by atoms with Gasteiger partial charge in [-0.2, -0.15) is 23.4 Å². The lowest BCUT2D eigenvalue weighted by Gasteiger charge is -2.13. The minimum Gasteiger partial charge on any atom is -0.324 e. The summed E-state index contributed by atoms with van der Waals surface area (Å²) in [6, 6.07) is 12.4. The van der Waals surface area contributed by atoms with Crippen LogP contribution in [0.3, 0.4) is 0 Å². The van der Waals surface area contributed by atoms with Crippen LogP contribution in [-0.2, 0) is 13.2 Å². The van der Waals surface area contributed by atoms with Crippen molar-refractivity contribution in [2.75, 3.05) is 5.32 Å². The van der Waals surface area contributed by atoms with Gasteiger partial charge in [-0.05, 0) is 37.3 Å². The molecule has 7 nitrogen and oxygen atoms in total. The third kappa shape index (κ3) is 3.98. The zero-order chi connectivity index (χ0) is 22.2. The zero-order valence-corrected chi connectivity index (χ0v) is 16.5. The Morgan fingerprint density at radius 2 is 1.90 bits per heavy atom. The van der Waals surface area contributed by atoms with Gasteiger partial charge in [-0.3, -0.25) is 0 Å². The summed E-state index contributed by atoms with van der Waals surface area (Å²) in [5.41, 5.74) is 1.49. The number of halogens is 3. The minimum absolute atomic E-state index is 0.124. The molecule has 0 radical (unpaired) electrons. The number of rotatable bonds is 4. The van der Waals surface area contributed by atoms with Gasteiger partial charge in [0.1, 0.15) is 6.07 Å². The monoisotopic (exact) mass is 423 g/mol. The third-order valence-corrected chi connectivity index (χ3v) is 4.61. The van der Waals surface area contributed by atoms with Crippen molar-refractivity contribution in [2.24, 2.45) is 7.05 Å². The number of nitrogens with one attached hydrogen (secondary N) is 1. The van der Waals surface area contributed by atoms with E-state index in [0.29, 0.717) is 16.8 Å². The topological polar surface area (TPSA) is 84.4 Å². The molecule has 0 aliphatic heterocycles. The Hall–Kier alpha value is -4.13. The van der Waals surface area contributed by atoms with Gasteiger partial charge >= 0.3 is 6.18 Å². The average Bonchev–Trinajstić information content (AvgIpc) is 3.33. The molecule has 0 bridgehead atoms. The first-order chi connectivity index (χ1) is 14.8. The summed E-state index contributed by atoms with van der Waals surface area (Å²) >= 11 is 0. The van der Waals surface area contributed by atoms with E-state index in [2.05, 4.69) is 26.5 Å². The highest BCUT2D eigenvalue weighted by Crippen LogP contribution is 2.35. The molecule has 0 aliphatic carbocycles. The van der Waals surface area contributed by atoms with E-state index in [0.717, 1.165) is 11.8 Å². The Labute approximate surface area is 175 Å². The molecule has 2 heterocycles. The molecule has 2 aromatic heterocycles. The first kappa shape index (κ1) is 20.2. The van der Waals surface area contributed by atoms with E-state index in [4.69, 9.17) is 0 Å². The Bertz CT molecular complexity index is 1300. The SMILES string of the molecule is Cc1cn(-c2ccc(-c3nc(Nc4ccccc4C(F)(F)F)n(C)n3)cc2C#N)cn1. The Balaban J connectivity index is 1.68. The van der Waals surface area contributed by atoms with Gasteiger partial charge in [0.15, 0.2) is 5.82 Å². The van der Waals surface area contributed by atoms with Crippen LogP contribution in [0, 0.1) is 18.3 Å². The second kappa shape index (κ2) is 7.60. The van der Waals surface area contributed by atoms with E-state index in [1.165, 1.54) is 22.9 Å². The first-order valence-electron chi connectivity index (χ1n) is 9.16. The fourth-order valence-corrected chi connectivity index (χ4v) is 3.12. The van der Waals surface area contributed by atoms with Crippen LogP contribution in [0.5, 0.6) is 0 Å². The standard InChI is InChI=1S/C21H16F3N7/c1-13-11-31(12-26-13)18-8-7-14(9-15(18)10-25)19-28-20(30(2)29-19)27-17-6-4-3-5-16(17)21(22,23)24/h3-9,11-12H,1-2H3,(H,27,28,29). The second-order valence-corrected chi connectivity index (χ2v) is 6.82. The Kier molecular flexibility index (Phi) is 4.94. The van der Waals surface area contributed by atoms with Gasteiger partial charge < -0.3 is 9.88 Å². The number of para-hydroxylation sites is 1. The number of imidazole rings is 1. The summed E-state index contributed by atoms with van der Waals surface area (Å²) in [5, 5.41) is 16.6. The molecule has 0 saturated carbocycles. The molecular formula is C21H16F3N7. The number of anilines is 2. The second-order valence-electron chi connectivity index (χ2n) is 6.82. The highest BCUT2D eigenvalue weighted by molar-refractivity contribution is 5.66. The predicted molar refractivity (Wildman–Crippen MR) is 108 cm³/mol. The quantitative estimate of drug-likeness (QED) is 0.518. The molecule has 0 fully saturated rings. The summed E-state index contributed by atoms with van der Waals surface area (Å²) in [7, 11) is 1.57. The number of nitrogens with zero attached hydrogens (tertiary/aromatic N) is 6. The van der Waals surface area contributed by atoms with E-state index in [1.807, 2.05) is 6.92 Å². The van der Waals surface area contributed by atoms with Crippen molar-refractivity contribution in [2.45, 2.75) is 13.1 Å². The average molecular weight is 423 g/mol. The number of hydrogen-bond acceptors (Lipinski definition) is 5. The van der Waals surface area contributed by atoms with Crippen LogP contribution in [0.1, 0.15) is 16.8 Å². The molecule has 0 amide bonds. The van der Waals surface area contributed by atoms with Gasteiger partial charge in [0.25, 0.3) is 0 Å². The number of hydrogen-bond donors (Lipinski definition) is 1. The van der Waals surface area contributed by atoms with E-state index in [1.54, 1.807) is 42.3 Å². The van der Waals surface area contributed by atoms with Crippen molar-refractivity contribution in [1.29, 1.82) is 5.26 Å². The van der Waals surface area contributed by atoms with E-state index in [-0.39, 0.29) is 17.5 Å². The minimum atomic E-state index is -4.51. The Morgan fingerprint density at radius 3 is 2.58 bits per heavy atom. The normalized spacial score (nSPS) is 11.4. The summed E-state index contributed by atoms with van der Waals surface area (Å²) in [6.07, 6.45) is -1.09. The lowest BCUT2D eigenvalue weighted by Crippen LogP contribution is -2.10. The van der Waals surface area contributed by atoms with Gasteiger partial charge in [-0.15, -0.1) is 5.10 Å². The van der Waals surface area contributed by atoms with Crippen molar-refractivity contribution in [1.82, 2.24) is 24.3 Å². The molecule has 2 aromatic carbocycles. The van der Waals surface area contributed by atoms with Crippen molar-refractivity contribution < 1.29 is 13.2 Å². The molecule has 4 rings (SSSR count). The highest BCUT2D eigenvalue weighted by Gasteiger charge is 2.33. The summed E-state index contributed by atoms with van der Waals surface area (Å²) < 4.78 is 42.9. The summed E-state index contributed by atoms with van der Waals surface area (Å²) in [6.45, 7) is 1.85. The maximum atomic E-state index is 13.3. The van der Waals surface area contributed by atoms with Gasteiger partial charge in [-0.1, -0.05) is 12.1 Å². The predicted octanol–water partition coefficient (Wildman–Crippen LogP) is 4.61. The van der Waals surface area contributed by atoms with Crippen molar-refractivity contribution in [3.63, 3.8) is 0 Å². The van der Waals surface area contributed by atoms with Crippen LogP contribution in [0.4, 0.5) is 24.8 Å². The fourth-order valence-electron chi connectivity index (χ4n) is 3.12. The first-order valence-corrected chi connectivity index (χ1v) is 9.16. The molecule has 0 atom stereocenters. The third-order valence-electron chi connectivity index (χ3n) is 4.61. The van der Waals surface area contributed by atoms with Crippen LogP contribution < -0.4 is 5.32 Å².